The Balaban J connectivity index is 1.53. The number of aryl methyl sites for hydroxylation is 1. The van der Waals surface area contributed by atoms with E-state index in [1.807, 2.05) is 0 Å². The average molecular weight is 698 g/mol. The van der Waals surface area contributed by atoms with Crippen molar-refractivity contribution < 1.29 is 37.4 Å². The number of Topliss-reactive ketones (excluding diaryl/α,β-unsaturated/α-hetero) is 1. The number of hydrogen-bond donors (Lipinski definition) is 2. The van der Waals surface area contributed by atoms with Gasteiger partial charge in [0.2, 0.25) is 5.91 Å². The predicted molar refractivity (Wildman–Crippen MR) is 158 cm³/mol. The highest BCUT2D eigenvalue weighted by molar-refractivity contribution is 6.53. The molecule has 43 heavy (non-hydrogen) atoms. The summed E-state index contributed by atoms with van der Waals surface area (Å²) in [5.41, 5.74) is -3.33. The summed E-state index contributed by atoms with van der Waals surface area (Å²) in [5, 5.41) is 13.7. The van der Waals surface area contributed by atoms with Crippen LogP contribution >= 0.6 is 58.0 Å². The molecule has 1 fully saturated rings. The number of benzene rings is 3. The maximum Gasteiger partial charge on any atom is 0.432 e. The molecule has 0 saturated heterocycles. The molecular formula is C29H21Cl5F3NO5. The number of alkyl halides is 5. The van der Waals surface area contributed by atoms with Crippen molar-refractivity contribution in [3.05, 3.63) is 97.5 Å². The van der Waals surface area contributed by atoms with Crippen LogP contribution in [0.4, 0.5) is 18.9 Å². The van der Waals surface area contributed by atoms with Gasteiger partial charge in [-0.2, -0.15) is 13.2 Å². The van der Waals surface area contributed by atoms with Gasteiger partial charge in [0, 0.05) is 39.2 Å². The minimum absolute atomic E-state index is 0.0290. The number of anilines is 1. The van der Waals surface area contributed by atoms with Crippen molar-refractivity contribution >= 4 is 81.4 Å². The molecule has 0 aromatic heterocycles. The van der Waals surface area contributed by atoms with Crippen LogP contribution in [0, 0.1) is 12.8 Å². The summed E-state index contributed by atoms with van der Waals surface area (Å²) in [6.45, 7) is 1.42. The molecule has 3 unspecified atom stereocenters. The third-order valence-corrected chi connectivity index (χ3v) is 8.82. The lowest BCUT2D eigenvalue weighted by molar-refractivity contribution is -0.266. The zero-order chi connectivity index (χ0) is 32.1. The van der Waals surface area contributed by atoms with Crippen LogP contribution in [0.5, 0.6) is 0 Å². The van der Waals surface area contributed by atoms with Crippen molar-refractivity contribution in [1.82, 2.24) is 0 Å². The fourth-order valence-corrected chi connectivity index (χ4v) is 6.39. The Morgan fingerprint density at radius 1 is 0.977 bits per heavy atom. The second kappa shape index (κ2) is 12.1. The Morgan fingerprint density at radius 2 is 1.60 bits per heavy atom. The first-order chi connectivity index (χ1) is 19.9. The molecule has 3 aromatic rings. The number of nitrogens with one attached hydrogen (secondary N) is 1. The van der Waals surface area contributed by atoms with Gasteiger partial charge in [-0.25, -0.2) is 4.79 Å². The number of rotatable bonds is 8. The first-order valence-electron chi connectivity index (χ1n) is 12.4. The molecule has 3 atom stereocenters. The van der Waals surface area contributed by atoms with Gasteiger partial charge in [-0.1, -0.05) is 53.0 Å². The van der Waals surface area contributed by atoms with E-state index in [0.29, 0.717) is 21.2 Å². The standard InChI is InChI=1S/C29H21Cl5F3NO5/c1-13-7-16(27(42,26(41)43-2)29(35,36)37)4-3-14(13)10-22(39)20-12-19(5-6-21(20)32)38-25(40)24-23(28(24,33)34)15-8-17(30)11-18(31)9-15/h3-9,11-12,23-24,42H,10H2,1-2H3,(H,38,40). The van der Waals surface area contributed by atoms with E-state index in [1.165, 1.54) is 37.3 Å². The molecule has 6 nitrogen and oxygen atoms in total. The van der Waals surface area contributed by atoms with Gasteiger partial charge in [0.15, 0.2) is 5.78 Å². The van der Waals surface area contributed by atoms with Crippen LogP contribution < -0.4 is 5.32 Å². The van der Waals surface area contributed by atoms with Crippen molar-refractivity contribution in [2.45, 2.75) is 35.4 Å². The molecule has 0 radical (unpaired) electrons. The number of hydrogen-bond acceptors (Lipinski definition) is 5. The van der Waals surface area contributed by atoms with Crippen molar-refractivity contribution in [2.75, 3.05) is 12.4 Å². The second-order valence-corrected chi connectivity index (χ2v) is 12.7. The van der Waals surface area contributed by atoms with Crippen molar-refractivity contribution in [2.24, 2.45) is 5.92 Å². The SMILES string of the molecule is COC(=O)C(O)(c1ccc(CC(=O)c2cc(NC(=O)C3C(c4cc(Cl)cc(Cl)c4)C3(Cl)Cl)ccc2Cl)c(C)c1)C(F)(F)F. The van der Waals surface area contributed by atoms with E-state index in [9.17, 15) is 32.7 Å². The highest BCUT2D eigenvalue weighted by Crippen LogP contribution is 2.65. The molecule has 3 aromatic carbocycles. The lowest BCUT2D eigenvalue weighted by Gasteiger charge is -2.28. The van der Waals surface area contributed by atoms with Gasteiger partial charge in [0.1, 0.15) is 4.33 Å². The Hall–Kier alpha value is -2.53. The van der Waals surface area contributed by atoms with Crippen LogP contribution in [0.25, 0.3) is 0 Å². The fourth-order valence-electron chi connectivity index (χ4n) is 4.79. The molecule has 0 bridgehead atoms. The second-order valence-electron chi connectivity index (χ2n) is 9.96. The largest absolute Gasteiger partial charge is 0.466 e. The van der Waals surface area contributed by atoms with E-state index >= 15 is 0 Å². The van der Waals surface area contributed by atoms with Gasteiger partial charge in [-0.15, -0.1) is 23.2 Å². The molecule has 228 valence electrons. The van der Waals surface area contributed by atoms with E-state index in [4.69, 9.17) is 58.0 Å². The maximum absolute atomic E-state index is 13.6. The highest BCUT2D eigenvalue weighted by Gasteiger charge is 2.67. The molecule has 0 aliphatic heterocycles. The van der Waals surface area contributed by atoms with Crippen LogP contribution in [0.1, 0.15) is 38.5 Å². The fraction of sp³-hybridized carbons (Fsp3) is 0.276. The number of halogens is 8. The summed E-state index contributed by atoms with van der Waals surface area (Å²) in [4.78, 5) is 38.2. The van der Waals surface area contributed by atoms with Crippen LogP contribution in [0.3, 0.4) is 0 Å². The van der Waals surface area contributed by atoms with Crippen LogP contribution in [0.15, 0.2) is 54.6 Å². The quantitative estimate of drug-likeness (QED) is 0.142. The maximum atomic E-state index is 13.6. The smallest absolute Gasteiger partial charge is 0.432 e. The van der Waals surface area contributed by atoms with Crippen molar-refractivity contribution in [3.63, 3.8) is 0 Å². The van der Waals surface area contributed by atoms with E-state index in [-0.39, 0.29) is 28.3 Å². The van der Waals surface area contributed by atoms with Gasteiger partial charge >= 0.3 is 12.1 Å². The molecule has 1 saturated carbocycles. The minimum atomic E-state index is -5.36. The number of carbonyl (C=O) groups is 3. The third kappa shape index (κ3) is 6.48. The highest BCUT2D eigenvalue weighted by atomic mass is 35.5. The van der Waals surface area contributed by atoms with E-state index in [1.54, 1.807) is 12.1 Å². The molecule has 1 aliphatic rings. The Kier molecular flexibility index (Phi) is 9.39. The van der Waals surface area contributed by atoms with Crippen molar-refractivity contribution in [3.8, 4) is 0 Å². The molecule has 1 amide bonds. The van der Waals surface area contributed by atoms with Crippen molar-refractivity contribution in [1.29, 1.82) is 0 Å². The van der Waals surface area contributed by atoms with E-state index in [2.05, 4.69) is 10.1 Å². The lowest BCUT2D eigenvalue weighted by atomic mass is 9.89. The topological polar surface area (TPSA) is 92.7 Å². The number of amides is 1. The number of ether oxygens (including phenoxy) is 1. The lowest BCUT2D eigenvalue weighted by Crippen LogP contribution is -2.49. The molecule has 14 heteroatoms. The Bertz CT molecular complexity index is 1610. The van der Waals surface area contributed by atoms with Gasteiger partial charge in [-0.3, -0.25) is 9.59 Å². The minimum Gasteiger partial charge on any atom is -0.466 e. The monoisotopic (exact) mass is 695 g/mol. The molecule has 0 heterocycles. The van der Waals surface area contributed by atoms with Gasteiger partial charge < -0.3 is 15.2 Å². The van der Waals surface area contributed by atoms with E-state index in [0.717, 1.165) is 19.2 Å². The molecule has 2 N–H and O–H groups in total. The third-order valence-electron chi connectivity index (χ3n) is 7.12. The molecule has 1 aliphatic carbocycles. The van der Waals surface area contributed by atoms with Gasteiger partial charge in [0.25, 0.3) is 5.60 Å². The number of aliphatic hydroxyl groups is 1. The molecule has 4 rings (SSSR count). The zero-order valence-corrected chi connectivity index (χ0v) is 25.9. The number of ketones is 1. The number of methoxy groups -OCH3 is 1. The first-order valence-corrected chi connectivity index (χ1v) is 14.3. The zero-order valence-electron chi connectivity index (χ0n) is 22.2. The molecule has 0 spiro atoms. The predicted octanol–water partition coefficient (Wildman–Crippen LogP) is 7.83. The summed E-state index contributed by atoms with van der Waals surface area (Å²) in [5.74, 6) is -4.40. The Morgan fingerprint density at radius 3 is 2.16 bits per heavy atom. The normalized spacial score (nSPS) is 18.9. The summed E-state index contributed by atoms with van der Waals surface area (Å²) >= 11 is 31.2. The number of esters is 1. The van der Waals surface area contributed by atoms with Gasteiger partial charge in [0.05, 0.1) is 18.1 Å². The summed E-state index contributed by atoms with van der Waals surface area (Å²) < 4.78 is 43.6. The summed E-state index contributed by atoms with van der Waals surface area (Å²) in [6, 6.07) is 12.0. The van der Waals surface area contributed by atoms with Gasteiger partial charge in [-0.05, 0) is 60.0 Å². The summed E-state index contributed by atoms with van der Waals surface area (Å²) in [7, 11) is 0.721. The first kappa shape index (κ1) is 33.4. The average Bonchev–Trinajstić information content (AvgIpc) is 3.50. The molecular weight excluding hydrogens is 677 g/mol. The van der Waals surface area contributed by atoms with Crippen LogP contribution in [-0.2, 0) is 26.3 Å². The van der Waals surface area contributed by atoms with E-state index < -0.39 is 51.2 Å². The number of carbonyl (C=O) groups excluding carboxylic acids is 3. The van der Waals surface area contributed by atoms with Crippen LogP contribution in [0.2, 0.25) is 15.1 Å². The summed E-state index contributed by atoms with van der Waals surface area (Å²) in [6.07, 6.45) is -5.66. The van der Waals surface area contributed by atoms with Crippen LogP contribution in [-0.4, -0.2) is 40.4 Å². The Labute approximate surface area is 269 Å².